The molecule has 6 nitrogen and oxygen atoms in total. The number of hydrogen-bond donors (Lipinski definition) is 2. The molecule has 0 aromatic rings. The van der Waals surface area contributed by atoms with E-state index < -0.39 is 5.91 Å². The summed E-state index contributed by atoms with van der Waals surface area (Å²) in [4.78, 5) is 36.7. The molecule has 1 heterocycles. The van der Waals surface area contributed by atoms with Crippen molar-refractivity contribution < 1.29 is 14.4 Å². The van der Waals surface area contributed by atoms with Crippen LogP contribution in [0.3, 0.4) is 0 Å². The first kappa shape index (κ1) is 19.7. The molecule has 0 radical (unpaired) electrons. The van der Waals surface area contributed by atoms with Gasteiger partial charge in [0.15, 0.2) is 0 Å². The van der Waals surface area contributed by atoms with Gasteiger partial charge in [-0.1, -0.05) is 19.8 Å². The average molecular weight is 351 g/mol. The number of hydrogen-bond acceptors (Lipinski definition) is 3. The van der Waals surface area contributed by atoms with Gasteiger partial charge in [-0.05, 0) is 50.9 Å². The quantitative estimate of drug-likeness (QED) is 0.464. The maximum atomic E-state index is 12.5. The van der Waals surface area contributed by atoms with Crippen molar-refractivity contribution in [3.05, 3.63) is 0 Å². The van der Waals surface area contributed by atoms with E-state index in [1.807, 2.05) is 4.90 Å². The molecule has 4 N–H and O–H groups in total. The molecule has 1 atom stereocenters. The Morgan fingerprint density at radius 3 is 2.40 bits per heavy atom. The predicted molar refractivity (Wildman–Crippen MR) is 96.2 cm³/mol. The standard InChI is InChI=1S/C19H33N3O3/c1-14-8-10-19(11-9-14)13-22(18(19)25)12-4-2-3-5-15(17(21)24)6-7-16(20)23/h14-15H,2-13H2,1H3,(H2,20,23)(H2,21,24). The SMILES string of the molecule is CC1CCC2(CC1)CN(CCCCCC(CCC(N)=O)C(N)=O)C2=O. The summed E-state index contributed by atoms with van der Waals surface area (Å²) >= 11 is 0. The number of carbonyl (C=O) groups excluding carboxylic acids is 3. The molecule has 1 saturated heterocycles. The van der Waals surface area contributed by atoms with Gasteiger partial charge in [0, 0.05) is 25.4 Å². The van der Waals surface area contributed by atoms with Gasteiger partial charge >= 0.3 is 0 Å². The van der Waals surface area contributed by atoms with Crippen LogP contribution in [0.4, 0.5) is 0 Å². The molecule has 6 heteroatoms. The Labute approximate surface area is 150 Å². The van der Waals surface area contributed by atoms with Crippen LogP contribution >= 0.6 is 0 Å². The van der Waals surface area contributed by atoms with E-state index in [2.05, 4.69) is 6.92 Å². The summed E-state index contributed by atoms with van der Waals surface area (Å²) in [5, 5.41) is 0. The molecule has 0 bridgehead atoms. The van der Waals surface area contributed by atoms with Crippen LogP contribution in [0.25, 0.3) is 0 Å². The van der Waals surface area contributed by atoms with Gasteiger partial charge in [-0.3, -0.25) is 14.4 Å². The lowest BCUT2D eigenvalue weighted by molar-refractivity contribution is -0.164. The normalized spacial score (nSPS) is 27.2. The van der Waals surface area contributed by atoms with Gasteiger partial charge in [-0.2, -0.15) is 0 Å². The van der Waals surface area contributed by atoms with Gasteiger partial charge in [-0.25, -0.2) is 0 Å². The summed E-state index contributed by atoms with van der Waals surface area (Å²) < 4.78 is 0. The van der Waals surface area contributed by atoms with E-state index in [0.29, 0.717) is 18.7 Å². The topological polar surface area (TPSA) is 106 Å². The monoisotopic (exact) mass is 351 g/mol. The summed E-state index contributed by atoms with van der Waals surface area (Å²) in [6.45, 7) is 4.02. The van der Waals surface area contributed by atoms with Crippen LogP contribution in [-0.4, -0.2) is 35.7 Å². The molecule has 2 aliphatic rings. The fraction of sp³-hybridized carbons (Fsp3) is 0.842. The molecule has 2 fully saturated rings. The van der Waals surface area contributed by atoms with Crippen molar-refractivity contribution in [2.24, 2.45) is 28.7 Å². The molecule has 0 aromatic heterocycles. The van der Waals surface area contributed by atoms with Gasteiger partial charge < -0.3 is 16.4 Å². The number of amides is 3. The predicted octanol–water partition coefficient (Wildman–Crippen LogP) is 1.95. The van der Waals surface area contributed by atoms with E-state index in [-0.39, 0.29) is 23.7 Å². The Balaban J connectivity index is 1.60. The first-order chi connectivity index (χ1) is 11.8. The molecule has 1 saturated carbocycles. The molecule has 1 aliphatic heterocycles. The maximum Gasteiger partial charge on any atom is 0.230 e. The van der Waals surface area contributed by atoms with E-state index in [9.17, 15) is 14.4 Å². The largest absolute Gasteiger partial charge is 0.370 e. The Kier molecular flexibility index (Phi) is 6.85. The molecule has 0 aromatic carbocycles. The van der Waals surface area contributed by atoms with Gasteiger partial charge in [0.2, 0.25) is 17.7 Å². The Bertz CT molecular complexity index is 498. The zero-order chi connectivity index (χ0) is 18.4. The Hall–Kier alpha value is -1.59. The van der Waals surface area contributed by atoms with Crippen molar-refractivity contribution in [2.45, 2.75) is 71.1 Å². The summed E-state index contributed by atoms with van der Waals surface area (Å²) in [5.74, 6) is 0.1000. The van der Waals surface area contributed by atoms with Gasteiger partial charge in [0.25, 0.3) is 0 Å². The molecule has 25 heavy (non-hydrogen) atoms. The van der Waals surface area contributed by atoms with Crippen LogP contribution in [0.2, 0.25) is 0 Å². The number of likely N-dealkylation sites (tertiary alicyclic amines) is 1. The molecular formula is C19H33N3O3. The van der Waals surface area contributed by atoms with Crippen molar-refractivity contribution in [3.8, 4) is 0 Å². The average Bonchev–Trinajstić information content (AvgIpc) is 2.57. The van der Waals surface area contributed by atoms with E-state index >= 15 is 0 Å². The van der Waals surface area contributed by atoms with Crippen molar-refractivity contribution in [1.82, 2.24) is 4.90 Å². The van der Waals surface area contributed by atoms with E-state index in [0.717, 1.165) is 51.1 Å². The number of rotatable bonds is 10. The summed E-state index contributed by atoms with van der Waals surface area (Å²) in [6.07, 6.45) is 8.63. The molecule has 142 valence electrons. The molecule has 2 rings (SSSR count). The number of carbonyl (C=O) groups is 3. The molecule has 3 amide bonds. The number of nitrogens with two attached hydrogens (primary N) is 2. The van der Waals surface area contributed by atoms with E-state index in [4.69, 9.17) is 11.5 Å². The third-order valence-electron chi connectivity index (χ3n) is 6.09. The lowest BCUT2D eigenvalue weighted by Gasteiger charge is -2.52. The molecule has 1 spiro atoms. The van der Waals surface area contributed by atoms with Crippen LogP contribution < -0.4 is 11.5 Å². The Morgan fingerprint density at radius 2 is 1.84 bits per heavy atom. The van der Waals surface area contributed by atoms with Crippen LogP contribution in [-0.2, 0) is 14.4 Å². The number of nitrogens with zero attached hydrogens (tertiary/aromatic N) is 1. The lowest BCUT2D eigenvalue weighted by atomic mass is 9.65. The second-order valence-electron chi connectivity index (χ2n) is 8.14. The highest BCUT2D eigenvalue weighted by molar-refractivity contribution is 5.88. The number of primary amides is 2. The van der Waals surface area contributed by atoms with E-state index in [1.54, 1.807) is 0 Å². The Morgan fingerprint density at radius 1 is 1.16 bits per heavy atom. The highest BCUT2D eigenvalue weighted by atomic mass is 16.2. The third-order valence-corrected chi connectivity index (χ3v) is 6.09. The van der Waals surface area contributed by atoms with Crippen LogP contribution in [0, 0.1) is 17.3 Å². The fourth-order valence-corrected chi connectivity index (χ4v) is 4.23. The highest BCUT2D eigenvalue weighted by Gasteiger charge is 2.52. The number of β-lactam (4-membered cyclic amide) rings is 1. The van der Waals surface area contributed by atoms with Crippen molar-refractivity contribution in [1.29, 1.82) is 0 Å². The molecule has 1 unspecified atom stereocenters. The van der Waals surface area contributed by atoms with Crippen LogP contribution in [0.15, 0.2) is 0 Å². The second kappa shape index (κ2) is 8.68. The molecular weight excluding hydrogens is 318 g/mol. The lowest BCUT2D eigenvalue weighted by Crippen LogP contribution is -2.62. The minimum atomic E-state index is -0.395. The van der Waals surface area contributed by atoms with Crippen LogP contribution in [0.1, 0.15) is 71.1 Å². The van der Waals surface area contributed by atoms with Crippen LogP contribution in [0.5, 0.6) is 0 Å². The minimum Gasteiger partial charge on any atom is -0.370 e. The minimum absolute atomic E-state index is 0.0294. The first-order valence-corrected chi connectivity index (χ1v) is 9.71. The number of unbranched alkanes of at least 4 members (excludes halogenated alkanes) is 2. The van der Waals surface area contributed by atoms with Crippen molar-refractivity contribution in [2.75, 3.05) is 13.1 Å². The first-order valence-electron chi connectivity index (χ1n) is 9.71. The van der Waals surface area contributed by atoms with E-state index in [1.165, 1.54) is 12.8 Å². The zero-order valence-electron chi connectivity index (χ0n) is 15.5. The summed E-state index contributed by atoms with van der Waals surface area (Å²) in [7, 11) is 0. The van der Waals surface area contributed by atoms with Crippen molar-refractivity contribution in [3.63, 3.8) is 0 Å². The zero-order valence-corrected chi connectivity index (χ0v) is 15.5. The molecule has 1 aliphatic carbocycles. The van der Waals surface area contributed by atoms with Gasteiger partial charge in [0.1, 0.15) is 0 Å². The second-order valence-corrected chi connectivity index (χ2v) is 8.14. The van der Waals surface area contributed by atoms with Gasteiger partial charge in [-0.15, -0.1) is 0 Å². The fourth-order valence-electron chi connectivity index (χ4n) is 4.23. The highest BCUT2D eigenvalue weighted by Crippen LogP contribution is 2.46. The van der Waals surface area contributed by atoms with Crippen molar-refractivity contribution >= 4 is 17.7 Å². The maximum absolute atomic E-state index is 12.5. The van der Waals surface area contributed by atoms with Gasteiger partial charge in [0.05, 0.1) is 5.41 Å². The smallest absolute Gasteiger partial charge is 0.230 e. The summed E-state index contributed by atoms with van der Waals surface area (Å²) in [6, 6.07) is 0. The summed E-state index contributed by atoms with van der Waals surface area (Å²) in [5.41, 5.74) is 10.5. The third kappa shape index (κ3) is 5.19.